The van der Waals surface area contributed by atoms with E-state index in [-0.39, 0.29) is 17.0 Å². The van der Waals surface area contributed by atoms with E-state index < -0.39 is 5.82 Å². The van der Waals surface area contributed by atoms with Crippen LogP contribution in [0.4, 0.5) is 21.8 Å². The van der Waals surface area contributed by atoms with Crippen LogP contribution in [0.2, 0.25) is 5.02 Å². The molecule has 2 heterocycles. The number of aromatic nitrogens is 4. The zero-order valence-electron chi connectivity index (χ0n) is 18.4. The van der Waals surface area contributed by atoms with E-state index in [1.54, 1.807) is 12.3 Å². The van der Waals surface area contributed by atoms with Crippen molar-refractivity contribution in [3.63, 3.8) is 0 Å². The van der Waals surface area contributed by atoms with E-state index in [9.17, 15) is 9.18 Å². The number of methoxy groups -OCH3 is 1. The molecule has 1 saturated carbocycles. The van der Waals surface area contributed by atoms with Gasteiger partial charge >= 0.3 is 5.97 Å². The number of anilines is 3. The molecular formula is C22H25ClFN7O2. The van der Waals surface area contributed by atoms with Crippen LogP contribution in [0.1, 0.15) is 25.7 Å². The first-order valence-corrected chi connectivity index (χ1v) is 11.0. The molecule has 174 valence electrons. The van der Waals surface area contributed by atoms with Gasteiger partial charge in [-0.25, -0.2) is 24.3 Å². The number of hydrogen-bond acceptors (Lipinski definition) is 9. The van der Waals surface area contributed by atoms with Gasteiger partial charge in [0.25, 0.3) is 0 Å². The first kappa shape index (κ1) is 23.1. The van der Waals surface area contributed by atoms with Crippen LogP contribution in [0.5, 0.6) is 0 Å². The molecule has 11 heteroatoms. The van der Waals surface area contributed by atoms with Crippen molar-refractivity contribution in [2.75, 3.05) is 31.3 Å². The summed E-state index contributed by atoms with van der Waals surface area (Å²) in [6.45, 7) is 0.294. The van der Waals surface area contributed by atoms with Crippen LogP contribution in [-0.4, -0.2) is 63.6 Å². The molecular weight excluding hydrogens is 449 g/mol. The molecule has 0 unspecified atom stereocenters. The van der Waals surface area contributed by atoms with Crippen LogP contribution in [-0.2, 0) is 9.53 Å². The smallest absolute Gasteiger partial charge is 0.319 e. The molecule has 1 aliphatic carbocycles. The van der Waals surface area contributed by atoms with Crippen LogP contribution >= 0.6 is 11.6 Å². The van der Waals surface area contributed by atoms with Gasteiger partial charge in [0.15, 0.2) is 5.82 Å². The maximum atomic E-state index is 13.5. The Morgan fingerprint density at radius 2 is 2.03 bits per heavy atom. The van der Waals surface area contributed by atoms with Gasteiger partial charge in [0.2, 0.25) is 5.95 Å². The largest absolute Gasteiger partial charge is 0.468 e. The van der Waals surface area contributed by atoms with Crippen molar-refractivity contribution in [1.82, 2.24) is 24.8 Å². The summed E-state index contributed by atoms with van der Waals surface area (Å²) in [5.41, 5.74) is 1.71. The van der Waals surface area contributed by atoms with Crippen molar-refractivity contribution in [2.24, 2.45) is 0 Å². The third-order valence-electron chi connectivity index (χ3n) is 5.82. The highest BCUT2D eigenvalue weighted by atomic mass is 35.5. The Morgan fingerprint density at radius 1 is 1.24 bits per heavy atom. The quantitative estimate of drug-likeness (QED) is 0.496. The van der Waals surface area contributed by atoms with E-state index in [0.29, 0.717) is 41.1 Å². The van der Waals surface area contributed by atoms with E-state index in [2.05, 4.69) is 30.6 Å². The summed E-state index contributed by atoms with van der Waals surface area (Å²) in [4.78, 5) is 31.1. The first-order valence-electron chi connectivity index (χ1n) is 10.7. The fourth-order valence-corrected chi connectivity index (χ4v) is 4.15. The molecule has 0 amide bonds. The number of ether oxygens (including phenoxy) is 1. The summed E-state index contributed by atoms with van der Waals surface area (Å²) in [6.07, 6.45) is 6.84. The first-order chi connectivity index (χ1) is 15.9. The topological polar surface area (TPSA) is 105 Å². The average Bonchev–Trinajstić information content (AvgIpc) is 2.82. The van der Waals surface area contributed by atoms with Crippen molar-refractivity contribution in [3.05, 3.63) is 41.6 Å². The standard InChI is InChI=1S/C22H25ClFN7O2/c1-31(11-19(32)33-2)15-6-3-13(4-7-15)29-22-25-10-18-20(30-22)21(27-12-26-18)28-14-5-8-17(24)16(23)9-14/h5,8-10,12-13,15H,3-4,6-7,11H2,1-2H3,(H,25,29,30)(H,26,27,28). The highest BCUT2D eigenvalue weighted by molar-refractivity contribution is 6.31. The predicted molar refractivity (Wildman–Crippen MR) is 124 cm³/mol. The third-order valence-corrected chi connectivity index (χ3v) is 6.11. The summed E-state index contributed by atoms with van der Waals surface area (Å²) in [5.74, 6) is 0.247. The number of benzene rings is 1. The minimum absolute atomic E-state index is 0.0168. The normalized spacial score (nSPS) is 18.3. The van der Waals surface area contributed by atoms with Crippen LogP contribution < -0.4 is 10.6 Å². The molecule has 1 aliphatic rings. The molecule has 4 rings (SSSR count). The minimum atomic E-state index is -0.491. The van der Waals surface area contributed by atoms with Crippen molar-refractivity contribution in [1.29, 1.82) is 0 Å². The minimum Gasteiger partial charge on any atom is -0.468 e. The zero-order valence-corrected chi connectivity index (χ0v) is 19.1. The van der Waals surface area contributed by atoms with Crippen LogP contribution in [0.25, 0.3) is 11.0 Å². The van der Waals surface area contributed by atoms with E-state index >= 15 is 0 Å². The molecule has 2 aromatic heterocycles. The van der Waals surface area contributed by atoms with Gasteiger partial charge in [-0.1, -0.05) is 11.6 Å². The summed E-state index contributed by atoms with van der Waals surface area (Å²) in [6, 6.07) is 4.91. The van der Waals surface area contributed by atoms with Crippen LogP contribution in [0.15, 0.2) is 30.7 Å². The third kappa shape index (κ3) is 5.63. The number of nitrogens with one attached hydrogen (secondary N) is 2. The molecule has 2 N–H and O–H groups in total. The van der Waals surface area contributed by atoms with Crippen LogP contribution in [0, 0.1) is 5.82 Å². The highest BCUT2D eigenvalue weighted by Gasteiger charge is 2.25. The molecule has 0 radical (unpaired) electrons. The number of esters is 1. The van der Waals surface area contributed by atoms with Crippen molar-refractivity contribution in [2.45, 2.75) is 37.8 Å². The Hall–Kier alpha value is -3.11. The second-order valence-corrected chi connectivity index (χ2v) is 8.45. The Morgan fingerprint density at radius 3 is 2.76 bits per heavy atom. The van der Waals surface area contributed by atoms with Gasteiger partial charge < -0.3 is 15.4 Å². The van der Waals surface area contributed by atoms with Gasteiger partial charge in [-0.05, 0) is 50.9 Å². The van der Waals surface area contributed by atoms with Crippen molar-refractivity contribution < 1.29 is 13.9 Å². The highest BCUT2D eigenvalue weighted by Crippen LogP contribution is 2.27. The fourth-order valence-electron chi connectivity index (χ4n) is 3.97. The Bertz CT molecular complexity index is 1140. The lowest BCUT2D eigenvalue weighted by molar-refractivity contribution is -0.142. The average molecular weight is 474 g/mol. The van der Waals surface area contributed by atoms with E-state index in [4.69, 9.17) is 16.3 Å². The maximum absolute atomic E-state index is 13.5. The monoisotopic (exact) mass is 473 g/mol. The summed E-state index contributed by atoms with van der Waals surface area (Å²) >= 11 is 5.88. The Balaban J connectivity index is 1.43. The number of nitrogens with zero attached hydrogens (tertiary/aromatic N) is 5. The fraction of sp³-hybridized carbons (Fsp3) is 0.409. The van der Waals surface area contributed by atoms with Crippen molar-refractivity contribution in [3.8, 4) is 0 Å². The Kier molecular flexibility index (Phi) is 7.14. The van der Waals surface area contributed by atoms with Gasteiger partial charge in [-0.3, -0.25) is 9.69 Å². The maximum Gasteiger partial charge on any atom is 0.319 e. The zero-order chi connectivity index (χ0) is 23.4. The lowest BCUT2D eigenvalue weighted by Crippen LogP contribution is -2.41. The van der Waals surface area contributed by atoms with Crippen molar-refractivity contribution >= 4 is 46.1 Å². The molecule has 0 saturated heterocycles. The molecule has 0 bridgehead atoms. The lowest BCUT2D eigenvalue weighted by Gasteiger charge is -2.34. The summed E-state index contributed by atoms with van der Waals surface area (Å²) < 4.78 is 18.2. The SMILES string of the molecule is COC(=O)CN(C)C1CCC(Nc2ncc3ncnc(Nc4ccc(F)c(Cl)c4)c3n2)CC1. The number of likely N-dealkylation sites (N-methyl/N-ethyl adjacent to an activating group) is 1. The van der Waals surface area contributed by atoms with Gasteiger partial charge in [-0.15, -0.1) is 0 Å². The number of fused-ring (bicyclic) bond motifs is 1. The van der Waals surface area contributed by atoms with Gasteiger partial charge in [0.1, 0.15) is 23.2 Å². The number of rotatable bonds is 7. The molecule has 1 fully saturated rings. The molecule has 0 atom stereocenters. The molecule has 0 aliphatic heterocycles. The lowest BCUT2D eigenvalue weighted by atomic mass is 9.90. The predicted octanol–water partition coefficient (Wildman–Crippen LogP) is 3.78. The molecule has 3 aromatic rings. The molecule has 9 nitrogen and oxygen atoms in total. The summed E-state index contributed by atoms with van der Waals surface area (Å²) in [5, 5.41) is 6.54. The van der Waals surface area contributed by atoms with Gasteiger partial charge in [-0.2, -0.15) is 0 Å². The van der Waals surface area contributed by atoms with E-state index in [0.717, 1.165) is 25.7 Å². The number of halogens is 2. The number of carbonyl (C=O) groups is 1. The number of hydrogen-bond donors (Lipinski definition) is 2. The molecule has 1 aromatic carbocycles. The second-order valence-electron chi connectivity index (χ2n) is 8.04. The number of carbonyl (C=O) groups excluding carboxylic acids is 1. The van der Waals surface area contributed by atoms with Crippen LogP contribution in [0.3, 0.4) is 0 Å². The molecule has 33 heavy (non-hydrogen) atoms. The van der Waals surface area contributed by atoms with E-state index in [1.807, 2.05) is 11.9 Å². The Labute approximate surface area is 195 Å². The summed E-state index contributed by atoms with van der Waals surface area (Å²) in [7, 11) is 3.35. The van der Waals surface area contributed by atoms with Gasteiger partial charge in [0, 0.05) is 17.8 Å². The van der Waals surface area contributed by atoms with Gasteiger partial charge in [0.05, 0.1) is 24.9 Å². The second kappa shape index (κ2) is 10.2. The molecule has 0 spiro atoms. The van der Waals surface area contributed by atoms with E-state index in [1.165, 1.54) is 25.6 Å².